The molecular weight excluding hydrogens is 393 g/mol. The van der Waals surface area contributed by atoms with Crippen LogP contribution in [-0.2, 0) is 19.8 Å². The molecule has 1 aliphatic heterocycles. The number of hydrogen-bond acceptors (Lipinski definition) is 3. The summed E-state index contributed by atoms with van der Waals surface area (Å²) in [6.07, 6.45) is -0.809. The summed E-state index contributed by atoms with van der Waals surface area (Å²) < 4.78 is 42.1. The van der Waals surface area contributed by atoms with Gasteiger partial charge in [-0.05, 0) is 54.2 Å². The molecule has 0 radical (unpaired) electrons. The lowest BCUT2D eigenvalue weighted by atomic mass is 9.69. The number of hydrogen-bond donors (Lipinski definition) is 0. The molecule has 0 N–H and O–H groups in total. The number of rotatable bonds is 3. The van der Waals surface area contributed by atoms with Gasteiger partial charge in [-0.25, -0.2) is 0 Å². The zero-order valence-corrected chi connectivity index (χ0v) is 16.2. The fourth-order valence-electron chi connectivity index (χ4n) is 4.57. The standard InChI is InChI=1S/C22H19F3N4O/c1-28-12-26-27-20(28)16-9-8-15(16)13-4-2-5-14(10-13)29-11-18-17(21(29)30)6-3-7-19(18)22(23,24)25/h2-7,10,12,15-16H,8-9,11H2,1H3/t15-,16-/m0/s1. The van der Waals surface area contributed by atoms with Gasteiger partial charge in [0.15, 0.2) is 0 Å². The third-order valence-corrected chi connectivity index (χ3v) is 6.24. The molecule has 154 valence electrons. The summed E-state index contributed by atoms with van der Waals surface area (Å²) in [6, 6.07) is 11.3. The molecule has 30 heavy (non-hydrogen) atoms. The number of aromatic nitrogens is 3. The van der Waals surface area contributed by atoms with E-state index in [9.17, 15) is 18.0 Å². The molecular formula is C22H19F3N4O. The maximum absolute atomic E-state index is 13.4. The third-order valence-electron chi connectivity index (χ3n) is 6.24. The first-order chi connectivity index (χ1) is 14.3. The van der Waals surface area contributed by atoms with Crippen molar-refractivity contribution >= 4 is 11.6 Å². The van der Waals surface area contributed by atoms with Crippen molar-refractivity contribution in [1.82, 2.24) is 14.8 Å². The van der Waals surface area contributed by atoms with Crippen LogP contribution in [0.25, 0.3) is 0 Å². The number of nitrogens with zero attached hydrogens (tertiary/aromatic N) is 4. The second kappa shape index (κ2) is 6.68. The third kappa shape index (κ3) is 2.89. The number of benzene rings is 2. The van der Waals surface area contributed by atoms with Gasteiger partial charge in [0, 0.05) is 24.2 Å². The Kier molecular flexibility index (Phi) is 4.20. The normalized spacial score (nSPS) is 20.9. The predicted molar refractivity (Wildman–Crippen MR) is 104 cm³/mol. The summed E-state index contributed by atoms with van der Waals surface area (Å²) in [5, 5.41) is 8.19. The maximum Gasteiger partial charge on any atom is 0.416 e. The summed E-state index contributed by atoms with van der Waals surface area (Å²) in [4.78, 5) is 14.3. The van der Waals surface area contributed by atoms with Gasteiger partial charge in [0.1, 0.15) is 12.2 Å². The lowest BCUT2D eigenvalue weighted by Gasteiger charge is -2.36. The summed E-state index contributed by atoms with van der Waals surface area (Å²) in [5.74, 6) is 1.03. The van der Waals surface area contributed by atoms with Gasteiger partial charge < -0.3 is 9.47 Å². The smallest absolute Gasteiger partial charge is 0.320 e. The Bertz CT molecular complexity index is 1140. The largest absolute Gasteiger partial charge is 0.416 e. The van der Waals surface area contributed by atoms with Crippen molar-refractivity contribution < 1.29 is 18.0 Å². The monoisotopic (exact) mass is 412 g/mol. The fourth-order valence-corrected chi connectivity index (χ4v) is 4.57. The van der Waals surface area contributed by atoms with E-state index in [1.807, 2.05) is 29.8 Å². The molecule has 2 heterocycles. The average Bonchev–Trinajstić information content (AvgIpc) is 3.24. The Labute approximate surface area is 171 Å². The number of alkyl halides is 3. The number of halogens is 3. The van der Waals surface area contributed by atoms with Crippen molar-refractivity contribution in [3.63, 3.8) is 0 Å². The van der Waals surface area contributed by atoms with Gasteiger partial charge in [-0.3, -0.25) is 4.79 Å². The van der Waals surface area contributed by atoms with E-state index in [1.54, 1.807) is 12.4 Å². The van der Waals surface area contributed by atoms with E-state index in [2.05, 4.69) is 10.2 Å². The highest BCUT2D eigenvalue weighted by Gasteiger charge is 2.40. The van der Waals surface area contributed by atoms with Crippen LogP contribution in [0.4, 0.5) is 18.9 Å². The van der Waals surface area contributed by atoms with E-state index in [0.29, 0.717) is 5.69 Å². The Morgan fingerprint density at radius 1 is 1.07 bits per heavy atom. The van der Waals surface area contributed by atoms with Gasteiger partial charge >= 0.3 is 6.18 Å². The molecule has 1 aromatic heterocycles. The highest BCUT2D eigenvalue weighted by molar-refractivity contribution is 6.10. The van der Waals surface area contributed by atoms with Crippen LogP contribution < -0.4 is 4.90 Å². The van der Waals surface area contributed by atoms with Crippen molar-refractivity contribution in [2.24, 2.45) is 7.05 Å². The minimum atomic E-state index is -4.49. The molecule has 2 aliphatic rings. The quantitative estimate of drug-likeness (QED) is 0.629. The first kappa shape index (κ1) is 18.8. The van der Waals surface area contributed by atoms with E-state index in [1.165, 1.54) is 17.0 Å². The first-order valence-corrected chi connectivity index (χ1v) is 9.79. The van der Waals surface area contributed by atoms with Crippen LogP contribution in [0, 0.1) is 0 Å². The SMILES string of the molecule is Cn1cnnc1[C@H]1CC[C@H]1c1cccc(N2Cc3c(cccc3C(F)(F)F)C2=O)c1. The van der Waals surface area contributed by atoms with Crippen molar-refractivity contribution in [2.45, 2.75) is 37.4 Å². The van der Waals surface area contributed by atoms with Gasteiger partial charge in [0.2, 0.25) is 0 Å². The number of aryl methyl sites for hydroxylation is 1. The minimum Gasteiger partial charge on any atom is -0.320 e. The average molecular weight is 412 g/mol. The van der Waals surface area contributed by atoms with Crippen LogP contribution in [-0.4, -0.2) is 20.7 Å². The van der Waals surface area contributed by atoms with Crippen LogP contribution >= 0.6 is 0 Å². The Morgan fingerprint density at radius 2 is 1.83 bits per heavy atom. The molecule has 2 aromatic carbocycles. The van der Waals surface area contributed by atoms with Crippen LogP contribution in [0.2, 0.25) is 0 Å². The molecule has 2 atom stereocenters. The maximum atomic E-state index is 13.4. The van der Waals surface area contributed by atoms with Crippen molar-refractivity contribution in [2.75, 3.05) is 4.90 Å². The molecule has 1 fully saturated rings. The molecule has 0 unspecified atom stereocenters. The van der Waals surface area contributed by atoms with Crippen molar-refractivity contribution in [3.8, 4) is 0 Å². The lowest BCUT2D eigenvalue weighted by Crippen LogP contribution is -2.26. The summed E-state index contributed by atoms with van der Waals surface area (Å²) >= 11 is 0. The molecule has 5 rings (SSSR count). The molecule has 1 saturated carbocycles. The zero-order chi connectivity index (χ0) is 21.0. The minimum absolute atomic E-state index is 0.0426. The summed E-state index contributed by atoms with van der Waals surface area (Å²) in [6.45, 7) is -0.0787. The van der Waals surface area contributed by atoms with E-state index < -0.39 is 17.6 Å². The molecule has 0 bridgehead atoms. The molecule has 0 saturated heterocycles. The predicted octanol–water partition coefficient (Wildman–Crippen LogP) is 4.66. The van der Waals surface area contributed by atoms with Crippen LogP contribution in [0.1, 0.15) is 57.6 Å². The number of carbonyl (C=O) groups excluding carboxylic acids is 1. The molecule has 3 aromatic rings. The zero-order valence-electron chi connectivity index (χ0n) is 16.2. The van der Waals surface area contributed by atoms with Crippen LogP contribution in [0.15, 0.2) is 48.8 Å². The van der Waals surface area contributed by atoms with E-state index in [0.717, 1.165) is 30.3 Å². The van der Waals surface area contributed by atoms with Gasteiger partial charge in [0.25, 0.3) is 5.91 Å². The van der Waals surface area contributed by atoms with E-state index in [4.69, 9.17) is 0 Å². The van der Waals surface area contributed by atoms with Crippen molar-refractivity contribution in [3.05, 3.63) is 76.9 Å². The van der Waals surface area contributed by atoms with Crippen molar-refractivity contribution in [1.29, 1.82) is 0 Å². The van der Waals surface area contributed by atoms with Gasteiger partial charge in [-0.2, -0.15) is 13.2 Å². The molecule has 1 amide bonds. The van der Waals surface area contributed by atoms with E-state index in [-0.39, 0.29) is 29.5 Å². The van der Waals surface area contributed by atoms with Crippen LogP contribution in [0.3, 0.4) is 0 Å². The van der Waals surface area contributed by atoms with Crippen LogP contribution in [0.5, 0.6) is 0 Å². The second-order valence-corrected chi connectivity index (χ2v) is 7.91. The Balaban J connectivity index is 1.45. The highest BCUT2D eigenvalue weighted by atomic mass is 19.4. The lowest BCUT2D eigenvalue weighted by molar-refractivity contribution is -0.138. The molecule has 5 nitrogen and oxygen atoms in total. The van der Waals surface area contributed by atoms with E-state index >= 15 is 0 Å². The number of carbonyl (C=O) groups is 1. The number of fused-ring (bicyclic) bond motifs is 1. The summed E-state index contributed by atoms with van der Waals surface area (Å²) in [5.41, 5.74) is 1.10. The number of anilines is 1. The molecule has 8 heteroatoms. The Morgan fingerprint density at radius 3 is 2.50 bits per heavy atom. The number of amides is 1. The van der Waals surface area contributed by atoms with Gasteiger partial charge in [-0.1, -0.05) is 18.2 Å². The van der Waals surface area contributed by atoms with Gasteiger partial charge in [-0.15, -0.1) is 10.2 Å². The van der Waals surface area contributed by atoms with Gasteiger partial charge in [0.05, 0.1) is 12.1 Å². The summed E-state index contributed by atoms with van der Waals surface area (Å²) in [7, 11) is 1.92. The second-order valence-electron chi connectivity index (χ2n) is 7.91. The molecule has 1 aliphatic carbocycles. The highest BCUT2D eigenvalue weighted by Crippen LogP contribution is 2.49. The molecule has 0 spiro atoms. The fraction of sp³-hybridized carbons (Fsp3) is 0.318. The first-order valence-electron chi connectivity index (χ1n) is 9.79. The topological polar surface area (TPSA) is 51.0 Å². The Hall–Kier alpha value is -3.16.